The lowest BCUT2D eigenvalue weighted by atomic mass is 10.0. The van der Waals surface area contributed by atoms with E-state index in [1.54, 1.807) is 31.2 Å². The molecule has 1 N–H and O–H groups in total. The Morgan fingerprint density at radius 3 is 2.64 bits per heavy atom. The van der Waals surface area contributed by atoms with Crippen LogP contribution < -0.4 is 4.74 Å². The number of ether oxygens (including phenoxy) is 1. The second kappa shape index (κ2) is 5.31. The first-order valence-electron chi connectivity index (χ1n) is 6.46. The van der Waals surface area contributed by atoms with Crippen LogP contribution in [-0.4, -0.2) is 24.0 Å². The van der Waals surface area contributed by atoms with E-state index in [1.807, 2.05) is 5.38 Å². The number of thiophene rings is 1. The van der Waals surface area contributed by atoms with Crippen LogP contribution in [0.4, 0.5) is 0 Å². The van der Waals surface area contributed by atoms with Crippen molar-refractivity contribution in [1.29, 1.82) is 0 Å². The van der Waals surface area contributed by atoms with E-state index in [4.69, 9.17) is 9.15 Å². The molecule has 3 rings (SSSR count). The van der Waals surface area contributed by atoms with Gasteiger partial charge in [0.15, 0.2) is 0 Å². The van der Waals surface area contributed by atoms with Gasteiger partial charge in [-0.15, -0.1) is 11.3 Å². The average molecular weight is 316 g/mol. The summed E-state index contributed by atoms with van der Waals surface area (Å²) in [6.07, 6.45) is 0. The van der Waals surface area contributed by atoms with E-state index in [0.29, 0.717) is 27.1 Å². The summed E-state index contributed by atoms with van der Waals surface area (Å²) in [5.74, 6) is -1.08. The van der Waals surface area contributed by atoms with E-state index in [9.17, 15) is 14.7 Å². The number of carbonyl (C=O) groups is 2. The number of rotatable bonds is 4. The molecule has 2 aromatic heterocycles. The van der Waals surface area contributed by atoms with Gasteiger partial charge in [-0.1, -0.05) is 6.07 Å². The molecule has 0 amide bonds. The molecule has 0 fully saturated rings. The fourth-order valence-corrected chi connectivity index (χ4v) is 3.09. The van der Waals surface area contributed by atoms with E-state index in [2.05, 4.69) is 0 Å². The molecular weight excluding hydrogens is 304 g/mol. The lowest BCUT2D eigenvalue weighted by Crippen LogP contribution is -1.99. The second-order valence-corrected chi connectivity index (χ2v) is 5.63. The van der Waals surface area contributed by atoms with Crippen molar-refractivity contribution < 1.29 is 23.8 Å². The highest BCUT2D eigenvalue weighted by atomic mass is 32.1. The van der Waals surface area contributed by atoms with Crippen LogP contribution in [0.3, 0.4) is 0 Å². The zero-order valence-electron chi connectivity index (χ0n) is 11.9. The predicted octanol–water partition coefficient (Wildman–Crippen LogP) is 3.74. The number of hydrogen-bond acceptors (Lipinski definition) is 5. The number of furan rings is 1. The van der Waals surface area contributed by atoms with Gasteiger partial charge in [-0.25, -0.2) is 4.79 Å². The third-order valence-electron chi connectivity index (χ3n) is 3.44. The number of fused-ring (bicyclic) bond motifs is 1. The Bertz CT molecular complexity index is 874. The Morgan fingerprint density at radius 1 is 1.27 bits per heavy atom. The maximum atomic E-state index is 12.6. The SMILES string of the molecule is COc1ccc(C(=O)c2cccs2)c2oc(C(=O)O)c(C)c12. The molecule has 0 aliphatic rings. The Labute approximate surface area is 129 Å². The fraction of sp³-hybridized carbons (Fsp3) is 0.125. The van der Waals surface area contributed by atoms with Crippen molar-refractivity contribution in [3.05, 3.63) is 51.4 Å². The first-order valence-corrected chi connectivity index (χ1v) is 7.34. The molecule has 0 bridgehead atoms. The molecule has 0 spiro atoms. The van der Waals surface area contributed by atoms with Gasteiger partial charge >= 0.3 is 5.97 Å². The molecular formula is C16H12O5S. The van der Waals surface area contributed by atoms with E-state index >= 15 is 0 Å². The summed E-state index contributed by atoms with van der Waals surface area (Å²) in [6, 6.07) is 6.75. The van der Waals surface area contributed by atoms with Gasteiger partial charge in [0.1, 0.15) is 11.3 Å². The summed E-state index contributed by atoms with van der Waals surface area (Å²) < 4.78 is 10.7. The normalized spacial score (nSPS) is 10.8. The van der Waals surface area contributed by atoms with E-state index < -0.39 is 5.97 Å². The summed E-state index contributed by atoms with van der Waals surface area (Å²) in [4.78, 5) is 24.4. The Balaban J connectivity index is 2.31. The number of carboxylic acids is 1. The van der Waals surface area contributed by atoms with Gasteiger partial charge in [0, 0.05) is 5.56 Å². The van der Waals surface area contributed by atoms with Gasteiger partial charge in [0.25, 0.3) is 0 Å². The Morgan fingerprint density at radius 2 is 2.05 bits per heavy atom. The monoisotopic (exact) mass is 316 g/mol. The first-order chi connectivity index (χ1) is 10.5. The largest absolute Gasteiger partial charge is 0.496 e. The number of aromatic carboxylic acids is 1. The standard InChI is InChI=1S/C16H12O5S/c1-8-12-10(20-2)6-5-9(13(17)11-4-3-7-22-11)15(12)21-14(8)16(18)19/h3-7H,1-2H3,(H,18,19). The van der Waals surface area contributed by atoms with Crippen molar-refractivity contribution in [3.63, 3.8) is 0 Å². The molecule has 2 heterocycles. The van der Waals surface area contributed by atoms with Crippen molar-refractivity contribution in [1.82, 2.24) is 0 Å². The van der Waals surface area contributed by atoms with Crippen LogP contribution in [0.5, 0.6) is 5.75 Å². The average Bonchev–Trinajstić information content (AvgIpc) is 3.14. The van der Waals surface area contributed by atoms with Crippen LogP contribution in [-0.2, 0) is 0 Å². The third-order valence-corrected chi connectivity index (χ3v) is 4.31. The Hall–Kier alpha value is -2.60. The number of methoxy groups -OCH3 is 1. The summed E-state index contributed by atoms with van der Waals surface area (Å²) >= 11 is 1.32. The molecule has 6 heteroatoms. The van der Waals surface area contributed by atoms with Crippen molar-refractivity contribution in [2.24, 2.45) is 0 Å². The molecule has 0 atom stereocenters. The predicted molar refractivity (Wildman–Crippen MR) is 82.2 cm³/mol. The molecule has 0 aliphatic carbocycles. The summed E-state index contributed by atoms with van der Waals surface area (Å²) in [5, 5.41) is 11.6. The van der Waals surface area contributed by atoms with Gasteiger partial charge in [-0.2, -0.15) is 0 Å². The molecule has 0 radical (unpaired) electrons. The van der Waals surface area contributed by atoms with Crippen molar-refractivity contribution >= 4 is 34.1 Å². The highest BCUT2D eigenvalue weighted by Crippen LogP contribution is 2.36. The fourth-order valence-electron chi connectivity index (χ4n) is 2.41. The van der Waals surface area contributed by atoms with Gasteiger partial charge in [-0.3, -0.25) is 4.79 Å². The minimum atomic E-state index is -1.18. The summed E-state index contributed by atoms with van der Waals surface area (Å²) in [5.41, 5.74) is 1.02. The minimum absolute atomic E-state index is 0.181. The summed E-state index contributed by atoms with van der Waals surface area (Å²) in [7, 11) is 1.49. The topological polar surface area (TPSA) is 76.7 Å². The molecule has 0 saturated heterocycles. The van der Waals surface area contributed by atoms with Crippen LogP contribution in [0.25, 0.3) is 11.0 Å². The van der Waals surface area contributed by atoms with Crippen LogP contribution in [0.15, 0.2) is 34.1 Å². The van der Waals surface area contributed by atoms with Gasteiger partial charge in [-0.05, 0) is 30.5 Å². The number of aryl methyl sites for hydroxylation is 1. The molecule has 0 aliphatic heterocycles. The Kier molecular flexibility index (Phi) is 3.46. The molecule has 112 valence electrons. The molecule has 5 nitrogen and oxygen atoms in total. The zero-order valence-corrected chi connectivity index (χ0v) is 12.7. The number of benzene rings is 1. The maximum Gasteiger partial charge on any atom is 0.372 e. The van der Waals surface area contributed by atoms with E-state index in [1.165, 1.54) is 18.4 Å². The first kappa shape index (κ1) is 14.3. The van der Waals surface area contributed by atoms with Gasteiger partial charge in [0.2, 0.25) is 11.5 Å². The lowest BCUT2D eigenvalue weighted by Gasteiger charge is -2.05. The number of carbonyl (C=O) groups excluding carboxylic acids is 1. The summed E-state index contributed by atoms with van der Waals surface area (Å²) in [6.45, 7) is 1.64. The quantitative estimate of drug-likeness (QED) is 0.742. The highest BCUT2D eigenvalue weighted by Gasteiger charge is 2.24. The zero-order chi connectivity index (χ0) is 15.9. The number of carboxylic acid groups (broad SMARTS) is 1. The van der Waals surface area contributed by atoms with Gasteiger partial charge < -0.3 is 14.3 Å². The van der Waals surface area contributed by atoms with Crippen molar-refractivity contribution in [3.8, 4) is 5.75 Å². The molecule has 3 aromatic rings. The number of hydrogen-bond donors (Lipinski definition) is 1. The molecule has 22 heavy (non-hydrogen) atoms. The van der Waals surface area contributed by atoms with Crippen molar-refractivity contribution in [2.45, 2.75) is 6.92 Å². The van der Waals surface area contributed by atoms with Crippen molar-refractivity contribution in [2.75, 3.05) is 7.11 Å². The molecule has 1 aromatic carbocycles. The molecule has 0 unspecified atom stereocenters. The highest BCUT2D eigenvalue weighted by molar-refractivity contribution is 7.12. The smallest absolute Gasteiger partial charge is 0.372 e. The lowest BCUT2D eigenvalue weighted by molar-refractivity contribution is 0.0663. The third kappa shape index (κ3) is 2.08. The van der Waals surface area contributed by atoms with Crippen LogP contribution in [0, 0.1) is 6.92 Å². The van der Waals surface area contributed by atoms with Crippen LogP contribution >= 0.6 is 11.3 Å². The van der Waals surface area contributed by atoms with Crippen LogP contribution in [0.2, 0.25) is 0 Å². The maximum absolute atomic E-state index is 12.6. The van der Waals surface area contributed by atoms with E-state index in [0.717, 1.165) is 0 Å². The van der Waals surface area contributed by atoms with Gasteiger partial charge in [0.05, 0.1) is 22.9 Å². The molecule has 0 saturated carbocycles. The van der Waals surface area contributed by atoms with Crippen LogP contribution in [0.1, 0.15) is 31.4 Å². The minimum Gasteiger partial charge on any atom is -0.496 e. The second-order valence-electron chi connectivity index (χ2n) is 4.69. The van der Waals surface area contributed by atoms with E-state index in [-0.39, 0.29) is 17.1 Å². The number of ketones is 1.